The molecule has 7 heteroatoms. The molecule has 1 aliphatic heterocycles. The van der Waals surface area contributed by atoms with Crippen LogP contribution in [0.15, 0.2) is 4.99 Å². The molecule has 1 rings (SSSR count). The molecule has 0 radical (unpaired) electrons. The first-order valence-corrected chi connectivity index (χ1v) is 6.71. The van der Waals surface area contributed by atoms with Gasteiger partial charge in [0.25, 0.3) is 0 Å². The predicted octanol–water partition coefficient (Wildman–Crippen LogP) is -0.108. The Labute approximate surface area is 113 Å². The van der Waals surface area contributed by atoms with Gasteiger partial charge in [0, 0.05) is 12.6 Å². The molecular weight excluding hydrogens is 246 g/mol. The first-order valence-electron chi connectivity index (χ1n) is 6.71. The average molecular weight is 269 g/mol. The number of hydrogen-bond acceptors (Lipinski definition) is 3. The third-order valence-electron chi connectivity index (χ3n) is 2.87. The van der Waals surface area contributed by atoms with Gasteiger partial charge in [-0.15, -0.1) is 0 Å². The van der Waals surface area contributed by atoms with Crippen molar-refractivity contribution in [3.8, 4) is 0 Å². The summed E-state index contributed by atoms with van der Waals surface area (Å²) in [6, 6.07) is -0.00500. The number of imide groups is 1. The molecule has 0 aromatic rings. The summed E-state index contributed by atoms with van der Waals surface area (Å²) in [5, 5.41) is 8.86. The SMILES string of the molecule is CCNC(=NCCN1C(=O)CNC1=O)NC(C)CC. The molecule has 1 unspecified atom stereocenters. The second kappa shape index (κ2) is 7.60. The molecule has 3 amide bonds. The van der Waals surface area contributed by atoms with Crippen molar-refractivity contribution >= 4 is 17.9 Å². The number of carbonyl (C=O) groups is 2. The van der Waals surface area contributed by atoms with Crippen molar-refractivity contribution in [2.75, 3.05) is 26.2 Å². The van der Waals surface area contributed by atoms with E-state index in [-0.39, 0.29) is 18.5 Å². The van der Waals surface area contributed by atoms with Gasteiger partial charge >= 0.3 is 6.03 Å². The minimum absolute atomic E-state index is 0.0910. The fourth-order valence-corrected chi connectivity index (χ4v) is 1.60. The maximum absolute atomic E-state index is 11.4. The van der Waals surface area contributed by atoms with E-state index in [1.54, 1.807) is 0 Å². The number of nitrogens with one attached hydrogen (secondary N) is 3. The molecule has 1 saturated heterocycles. The highest BCUT2D eigenvalue weighted by molar-refractivity contribution is 6.01. The Hall–Kier alpha value is -1.79. The number of aliphatic imine (C=N–C) groups is 1. The Bertz CT molecular complexity index is 340. The van der Waals surface area contributed by atoms with Gasteiger partial charge in [0.05, 0.1) is 19.6 Å². The standard InChI is InChI=1S/C12H23N5O2/c1-4-9(3)16-11(13-5-2)14-6-7-17-10(18)8-15-12(17)19/h9H,4-8H2,1-3H3,(H,15,19)(H2,13,14,16). The van der Waals surface area contributed by atoms with Crippen LogP contribution in [0.25, 0.3) is 0 Å². The summed E-state index contributed by atoms with van der Waals surface area (Å²) in [7, 11) is 0. The molecule has 7 nitrogen and oxygen atoms in total. The number of guanidine groups is 1. The summed E-state index contributed by atoms with van der Waals surface area (Å²) in [6.07, 6.45) is 0.997. The minimum atomic E-state index is -0.333. The highest BCUT2D eigenvalue weighted by atomic mass is 16.2. The zero-order valence-corrected chi connectivity index (χ0v) is 11.8. The van der Waals surface area contributed by atoms with Gasteiger partial charge < -0.3 is 16.0 Å². The lowest BCUT2D eigenvalue weighted by Crippen LogP contribution is -2.42. The Morgan fingerprint density at radius 2 is 2.21 bits per heavy atom. The van der Waals surface area contributed by atoms with Crippen LogP contribution in [0.1, 0.15) is 27.2 Å². The fraction of sp³-hybridized carbons (Fsp3) is 0.750. The molecule has 1 heterocycles. The van der Waals surface area contributed by atoms with Crippen LogP contribution >= 0.6 is 0 Å². The van der Waals surface area contributed by atoms with Gasteiger partial charge in [0.15, 0.2) is 5.96 Å². The highest BCUT2D eigenvalue weighted by Gasteiger charge is 2.27. The summed E-state index contributed by atoms with van der Waals surface area (Å²) in [6.45, 7) is 7.72. The molecule has 19 heavy (non-hydrogen) atoms. The fourth-order valence-electron chi connectivity index (χ4n) is 1.60. The van der Waals surface area contributed by atoms with Gasteiger partial charge in [-0.25, -0.2) is 4.79 Å². The van der Waals surface area contributed by atoms with Crippen molar-refractivity contribution in [1.29, 1.82) is 0 Å². The molecule has 0 saturated carbocycles. The van der Waals surface area contributed by atoms with Crippen molar-refractivity contribution in [1.82, 2.24) is 20.9 Å². The van der Waals surface area contributed by atoms with Gasteiger partial charge in [0.1, 0.15) is 0 Å². The number of amides is 3. The Morgan fingerprint density at radius 1 is 1.47 bits per heavy atom. The molecule has 0 bridgehead atoms. The van der Waals surface area contributed by atoms with Crippen molar-refractivity contribution < 1.29 is 9.59 Å². The molecule has 1 atom stereocenters. The Morgan fingerprint density at radius 3 is 2.74 bits per heavy atom. The van der Waals surface area contributed by atoms with Gasteiger partial charge in [-0.1, -0.05) is 6.92 Å². The van der Waals surface area contributed by atoms with Crippen molar-refractivity contribution in [2.24, 2.45) is 4.99 Å². The average Bonchev–Trinajstić information content (AvgIpc) is 2.70. The minimum Gasteiger partial charge on any atom is -0.357 e. The number of carbonyl (C=O) groups excluding carboxylic acids is 2. The van der Waals surface area contributed by atoms with E-state index >= 15 is 0 Å². The van der Waals surface area contributed by atoms with Gasteiger partial charge in [-0.3, -0.25) is 14.7 Å². The van der Waals surface area contributed by atoms with E-state index in [0.717, 1.165) is 13.0 Å². The summed E-state index contributed by atoms with van der Waals surface area (Å²) in [4.78, 5) is 28.2. The molecule has 0 aliphatic carbocycles. The van der Waals surface area contributed by atoms with E-state index in [9.17, 15) is 9.59 Å². The monoisotopic (exact) mass is 269 g/mol. The van der Waals surface area contributed by atoms with Crippen LogP contribution in [-0.4, -0.2) is 55.0 Å². The molecule has 0 aromatic heterocycles. The number of nitrogens with zero attached hydrogens (tertiary/aromatic N) is 2. The predicted molar refractivity (Wildman–Crippen MR) is 74.0 cm³/mol. The second-order valence-corrected chi connectivity index (χ2v) is 4.42. The molecule has 3 N–H and O–H groups in total. The second-order valence-electron chi connectivity index (χ2n) is 4.42. The van der Waals surface area contributed by atoms with E-state index in [2.05, 4.69) is 34.8 Å². The van der Waals surface area contributed by atoms with Crippen LogP contribution in [0.4, 0.5) is 4.79 Å². The zero-order chi connectivity index (χ0) is 14.3. The number of hydrogen-bond donors (Lipinski definition) is 3. The first-order chi connectivity index (χ1) is 9.08. The maximum Gasteiger partial charge on any atom is 0.324 e. The molecule has 1 aliphatic rings. The lowest BCUT2D eigenvalue weighted by atomic mass is 10.3. The van der Waals surface area contributed by atoms with Crippen LogP contribution in [-0.2, 0) is 4.79 Å². The Kier molecular flexibility index (Phi) is 6.11. The molecule has 108 valence electrons. The topological polar surface area (TPSA) is 85.8 Å². The van der Waals surface area contributed by atoms with E-state index in [0.29, 0.717) is 25.1 Å². The molecular formula is C12H23N5O2. The number of rotatable bonds is 6. The van der Waals surface area contributed by atoms with Gasteiger partial charge in [0.2, 0.25) is 5.91 Å². The first kappa shape index (κ1) is 15.3. The third-order valence-corrected chi connectivity index (χ3v) is 2.87. The molecule has 0 spiro atoms. The summed E-state index contributed by atoms with van der Waals surface area (Å²) >= 11 is 0. The van der Waals surface area contributed by atoms with Crippen LogP contribution < -0.4 is 16.0 Å². The number of urea groups is 1. The van der Waals surface area contributed by atoms with Crippen LogP contribution in [0, 0.1) is 0 Å². The summed E-state index contributed by atoms with van der Waals surface area (Å²) < 4.78 is 0. The van der Waals surface area contributed by atoms with Crippen molar-refractivity contribution in [3.05, 3.63) is 0 Å². The van der Waals surface area contributed by atoms with Crippen LogP contribution in [0.2, 0.25) is 0 Å². The third kappa shape index (κ3) is 4.76. The summed E-state index contributed by atoms with van der Waals surface area (Å²) in [5.74, 6) is 0.518. The quantitative estimate of drug-likeness (QED) is 0.357. The van der Waals surface area contributed by atoms with E-state index in [1.807, 2.05) is 6.92 Å². The smallest absolute Gasteiger partial charge is 0.324 e. The summed E-state index contributed by atoms with van der Waals surface area (Å²) in [5.41, 5.74) is 0. The van der Waals surface area contributed by atoms with E-state index < -0.39 is 0 Å². The van der Waals surface area contributed by atoms with Crippen molar-refractivity contribution in [2.45, 2.75) is 33.2 Å². The van der Waals surface area contributed by atoms with Crippen molar-refractivity contribution in [3.63, 3.8) is 0 Å². The van der Waals surface area contributed by atoms with Crippen LogP contribution in [0.3, 0.4) is 0 Å². The highest BCUT2D eigenvalue weighted by Crippen LogP contribution is 1.98. The van der Waals surface area contributed by atoms with Crippen LogP contribution in [0.5, 0.6) is 0 Å². The lowest BCUT2D eigenvalue weighted by Gasteiger charge is -2.17. The normalized spacial score (nSPS) is 17.4. The Balaban J connectivity index is 2.46. The van der Waals surface area contributed by atoms with Gasteiger partial charge in [-0.05, 0) is 20.3 Å². The zero-order valence-electron chi connectivity index (χ0n) is 11.8. The largest absolute Gasteiger partial charge is 0.357 e. The maximum atomic E-state index is 11.4. The molecule has 0 aromatic carbocycles. The van der Waals surface area contributed by atoms with Gasteiger partial charge in [-0.2, -0.15) is 0 Å². The lowest BCUT2D eigenvalue weighted by molar-refractivity contribution is -0.124. The molecule has 1 fully saturated rings. The van der Waals surface area contributed by atoms with E-state index in [1.165, 1.54) is 4.90 Å². The van der Waals surface area contributed by atoms with E-state index in [4.69, 9.17) is 0 Å².